The first-order valence-electron chi connectivity index (χ1n) is 5.40. The number of amides is 2. The molecule has 2 amide bonds. The van der Waals surface area contributed by atoms with Gasteiger partial charge in [0.1, 0.15) is 5.82 Å². The predicted octanol–water partition coefficient (Wildman–Crippen LogP) is 0.275. The molecule has 6 N–H and O–H groups in total. The molecule has 1 rings (SSSR count). The van der Waals surface area contributed by atoms with Crippen LogP contribution in [0.5, 0.6) is 0 Å². The molecule has 8 heteroatoms. The largest absolute Gasteiger partial charge is 0.465 e. The van der Waals surface area contributed by atoms with E-state index in [0.717, 1.165) is 6.07 Å². The van der Waals surface area contributed by atoms with E-state index in [1.807, 2.05) is 0 Å². The summed E-state index contributed by atoms with van der Waals surface area (Å²) in [5, 5.41) is 5.04. The Morgan fingerprint density at radius 2 is 2.05 bits per heavy atom. The minimum Gasteiger partial charge on any atom is -0.465 e. The van der Waals surface area contributed by atoms with Gasteiger partial charge in [-0.2, -0.15) is 0 Å². The number of carbonyl (C=O) groups is 2. The summed E-state index contributed by atoms with van der Waals surface area (Å²) in [6.07, 6.45) is 0. The molecule has 0 aromatic heterocycles. The molecule has 0 bridgehead atoms. The summed E-state index contributed by atoms with van der Waals surface area (Å²) in [5.41, 5.74) is 10.5. The van der Waals surface area contributed by atoms with Crippen molar-refractivity contribution in [1.29, 1.82) is 0 Å². The van der Waals surface area contributed by atoms with Gasteiger partial charge in [-0.25, -0.2) is 14.0 Å². The topological polar surface area (TPSA) is 119 Å². The van der Waals surface area contributed by atoms with E-state index in [1.54, 1.807) is 0 Å². The Morgan fingerprint density at radius 1 is 1.37 bits per heavy atom. The summed E-state index contributed by atoms with van der Waals surface area (Å²) >= 11 is 0. The second-order valence-electron chi connectivity index (χ2n) is 3.63. The zero-order chi connectivity index (χ0) is 14.4. The molecular formula is C11H15FN4O3. The number of ether oxygens (including phenoxy) is 1. The molecule has 0 radical (unpaired) electrons. The predicted molar refractivity (Wildman–Crippen MR) is 68.2 cm³/mol. The lowest BCUT2D eigenvalue weighted by Gasteiger charge is -2.11. The van der Waals surface area contributed by atoms with Gasteiger partial charge in [-0.15, -0.1) is 0 Å². The smallest absolute Gasteiger partial charge is 0.340 e. The van der Waals surface area contributed by atoms with Crippen LogP contribution in [0, 0.1) is 5.82 Å². The van der Waals surface area contributed by atoms with E-state index in [2.05, 4.69) is 15.4 Å². The minimum absolute atomic E-state index is 0.00911. The average molecular weight is 270 g/mol. The maximum Gasteiger partial charge on any atom is 0.340 e. The summed E-state index contributed by atoms with van der Waals surface area (Å²) in [7, 11) is 1.20. The average Bonchev–Trinajstić information content (AvgIpc) is 2.35. The Labute approximate surface area is 109 Å². The monoisotopic (exact) mass is 270 g/mol. The zero-order valence-electron chi connectivity index (χ0n) is 10.3. The number of methoxy groups -OCH3 is 1. The lowest BCUT2D eigenvalue weighted by atomic mass is 10.1. The maximum atomic E-state index is 13.6. The molecule has 0 unspecified atom stereocenters. The van der Waals surface area contributed by atoms with E-state index in [-0.39, 0.29) is 30.0 Å². The number of anilines is 2. The summed E-state index contributed by atoms with van der Waals surface area (Å²) in [5.74, 6) is -1.26. The lowest BCUT2D eigenvalue weighted by molar-refractivity contribution is 0.0602. The van der Waals surface area contributed by atoms with Crippen molar-refractivity contribution in [3.63, 3.8) is 0 Å². The van der Waals surface area contributed by atoms with Crippen LogP contribution in [-0.2, 0) is 4.74 Å². The van der Waals surface area contributed by atoms with Crippen molar-refractivity contribution >= 4 is 23.4 Å². The molecule has 0 atom stereocenters. The van der Waals surface area contributed by atoms with Gasteiger partial charge in [0.2, 0.25) is 0 Å². The Balaban J connectivity index is 2.77. The molecule has 0 fully saturated rings. The van der Waals surface area contributed by atoms with Crippen LogP contribution in [0.4, 0.5) is 20.6 Å². The number of hydrogen-bond donors (Lipinski definition) is 4. The Hall–Kier alpha value is -2.51. The normalized spacial score (nSPS) is 9.79. The number of nitrogens with two attached hydrogens (primary N) is 2. The first-order valence-corrected chi connectivity index (χ1v) is 5.40. The van der Waals surface area contributed by atoms with Gasteiger partial charge in [-0.1, -0.05) is 0 Å². The fraction of sp³-hybridized carbons (Fsp3) is 0.273. The number of benzene rings is 1. The number of carbonyl (C=O) groups excluding carboxylic acids is 2. The number of urea groups is 1. The molecule has 0 spiro atoms. The molecule has 0 heterocycles. The highest BCUT2D eigenvalue weighted by atomic mass is 19.1. The zero-order valence-corrected chi connectivity index (χ0v) is 10.3. The third-order valence-corrected chi connectivity index (χ3v) is 2.28. The Kier molecular flexibility index (Phi) is 4.92. The first-order chi connectivity index (χ1) is 8.95. The van der Waals surface area contributed by atoms with Crippen LogP contribution >= 0.6 is 0 Å². The molecule has 0 saturated heterocycles. The van der Waals surface area contributed by atoms with Crippen molar-refractivity contribution < 1.29 is 18.7 Å². The summed E-state index contributed by atoms with van der Waals surface area (Å²) < 4.78 is 18.1. The van der Waals surface area contributed by atoms with Gasteiger partial charge in [0.15, 0.2) is 0 Å². The van der Waals surface area contributed by atoms with Crippen molar-refractivity contribution in [3.05, 3.63) is 23.5 Å². The van der Waals surface area contributed by atoms with E-state index < -0.39 is 17.8 Å². The third kappa shape index (κ3) is 4.02. The van der Waals surface area contributed by atoms with E-state index in [4.69, 9.17) is 11.5 Å². The molecular weight excluding hydrogens is 255 g/mol. The van der Waals surface area contributed by atoms with Crippen molar-refractivity contribution in [2.45, 2.75) is 0 Å². The van der Waals surface area contributed by atoms with Crippen LogP contribution in [0.25, 0.3) is 0 Å². The molecule has 0 saturated carbocycles. The molecule has 0 aliphatic rings. The molecule has 1 aromatic rings. The standard InChI is InChI=1S/C11H15FN4O3/c1-19-10(17)6-4-9(7(12)5-8(6)13)15-2-3-16-11(14)18/h4-5,15H,2-3,13H2,1H3,(H3,14,16,18). The van der Waals surface area contributed by atoms with Crippen LogP contribution in [-0.4, -0.2) is 32.2 Å². The van der Waals surface area contributed by atoms with Gasteiger partial charge in [-0.3, -0.25) is 0 Å². The van der Waals surface area contributed by atoms with E-state index in [0.29, 0.717) is 0 Å². The highest BCUT2D eigenvalue weighted by Gasteiger charge is 2.14. The van der Waals surface area contributed by atoms with Crippen molar-refractivity contribution in [2.24, 2.45) is 5.73 Å². The van der Waals surface area contributed by atoms with Crippen molar-refractivity contribution in [2.75, 3.05) is 31.2 Å². The quantitative estimate of drug-likeness (QED) is 0.348. The highest BCUT2D eigenvalue weighted by molar-refractivity contribution is 5.96. The molecule has 19 heavy (non-hydrogen) atoms. The molecule has 7 nitrogen and oxygen atoms in total. The van der Waals surface area contributed by atoms with Crippen LogP contribution in [0.2, 0.25) is 0 Å². The van der Waals surface area contributed by atoms with Gasteiger partial charge >= 0.3 is 12.0 Å². The Bertz CT molecular complexity index is 493. The van der Waals surface area contributed by atoms with Crippen molar-refractivity contribution in [1.82, 2.24) is 5.32 Å². The minimum atomic E-state index is -0.671. The van der Waals surface area contributed by atoms with Crippen LogP contribution in [0.15, 0.2) is 12.1 Å². The highest BCUT2D eigenvalue weighted by Crippen LogP contribution is 2.22. The molecule has 1 aromatic carbocycles. The molecule has 104 valence electrons. The number of esters is 1. The fourth-order valence-corrected chi connectivity index (χ4v) is 1.39. The van der Waals surface area contributed by atoms with Gasteiger partial charge in [0.05, 0.1) is 18.4 Å². The van der Waals surface area contributed by atoms with Gasteiger partial charge in [-0.05, 0) is 12.1 Å². The molecule has 0 aliphatic heterocycles. The SMILES string of the molecule is COC(=O)c1cc(NCCNC(N)=O)c(F)cc1N. The number of nitrogen functional groups attached to an aromatic ring is 1. The number of rotatable bonds is 5. The second kappa shape index (κ2) is 6.43. The summed E-state index contributed by atoms with van der Waals surface area (Å²) in [6, 6.07) is 1.60. The van der Waals surface area contributed by atoms with E-state index >= 15 is 0 Å². The van der Waals surface area contributed by atoms with Crippen molar-refractivity contribution in [3.8, 4) is 0 Å². The summed E-state index contributed by atoms with van der Waals surface area (Å²) in [4.78, 5) is 21.8. The third-order valence-electron chi connectivity index (χ3n) is 2.28. The number of halogens is 1. The van der Waals surface area contributed by atoms with Crippen LogP contribution in [0.3, 0.4) is 0 Å². The van der Waals surface area contributed by atoms with Gasteiger partial charge in [0.25, 0.3) is 0 Å². The van der Waals surface area contributed by atoms with Crippen LogP contribution in [0.1, 0.15) is 10.4 Å². The van der Waals surface area contributed by atoms with Gasteiger partial charge in [0, 0.05) is 18.8 Å². The fourth-order valence-electron chi connectivity index (χ4n) is 1.39. The lowest BCUT2D eigenvalue weighted by Crippen LogP contribution is -2.33. The maximum absolute atomic E-state index is 13.6. The van der Waals surface area contributed by atoms with E-state index in [1.165, 1.54) is 13.2 Å². The van der Waals surface area contributed by atoms with E-state index in [9.17, 15) is 14.0 Å². The second-order valence-corrected chi connectivity index (χ2v) is 3.63. The first kappa shape index (κ1) is 14.6. The summed E-state index contributed by atoms with van der Waals surface area (Å²) in [6.45, 7) is 0.455. The number of nitrogens with one attached hydrogen (secondary N) is 2. The number of hydrogen-bond acceptors (Lipinski definition) is 5. The Morgan fingerprint density at radius 3 is 2.63 bits per heavy atom. The number of primary amides is 1. The molecule has 0 aliphatic carbocycles. The van der Waals surface area contributed by atoms with Crippen LogP contribution < -0.4 is 22.1 Å². The van der Waals surface area contributed by atoms with Gasteiger partial charge < -0.3 is 26.8 Å².